The fourth-order valence-corrected chi connectivity index (χ4v) is 10.0. The van der Waals surface area contributed by atoms with E-state index in [4.69, 9.17) is 4.42 Å². The van der Waals surface area contributed by atoms with Crippen molar-refractivity contribution in [1.82, 2.24) is 4.57 Å². The van der Waals surface area contributed by atoms with Gasteiger partial charge in [-0.2, -0.15) is 9.13 Å². The number of hydrogen-bond acceptors (Lipinski definition) is 1. The number of benzene rings is 4. The Kier molecular flexibility index (Phi) is 8.33. The number of aromatic nitrogens is 3. The van der Waals surface area contributed by atoms with Gasteiger partial charge >= 0.3 is 0 Å². The maximum absolute atomic E-state index is 6.57. The minimum Gasteiger partial charge on any atom is -0.455 e. The summed E-state index contributed by atoms with van der Waals surface area (Å²) in [6.07, 6.45) is 8.47. The molecule has 0 amide bonds. The van der Waals surface area contributed by atoms with E-state index in [0.29, 0.717) is 0 Å². The molecule has 4 aromatic carbocycles. The molecule has 1 aliphatic heterocycles. The Hall–Kier alpha value is -5.22. The Morgan fingerprint density at radius 3 is 2.25 bits per heavy atom. The average Bonchev–Trinajstić information content (AvgIpc) is 3.68. The van der Waals surface area contributed by atoms with E-state index in [1.807, 2.05) is 0 Å². The third-order valence-corrected chi connectivity index (χ3v) is 12.7. The zero-order valence-corrected chi connectivity index (χ0v) is 31.9. The number of hydrogen-bond donors (Lipinski definition) is 0. The van der Waals surface area contributed by atoms with E-state index in [-0.39, 0.29) is 11.0 Å². The predicted molar refractivity (Wildman–Crippen MR) is 215 cm³/mol. The van der Waals surface area contributed by atoms with Gasteiger partial charge in [0.15, 0.2) is 11.9 Å². The molecular formula is C48H51N3O+2. The molecule has 0 N–H and O–H groups in total. The smallest absolute Gasteiger partial charge is 0.295 e. The first kappa shape index (κ1) is 33.9. The van der Waals surface area contributed by atoms with E-state index >= 15 is 0 Å². The number of furan rings is 1. The number of para-hydroxylation sites is 2. The van der Waals surface area contributed by atoms with Crippen molar-refractivity contribution in [3.8, 4) is 28.3 Å². The third kappa shape index (κ3) is 4.72. The summed E-state index contributed by atoms with van der Waals surface area (Å²) in [5.74, 6) is 1.27. The average molecular weight is 686 g/mol. The summed E-state index contributed by atoms with van der Waals surface area (Å²) >= 11 is 0. The number of aryl methyl sites for hydroxylation is 4. The number of imidazole rings is 1. The molecule has 4 nitrogen and oxygen atoms in total. The van der Waals surface area contributed by atoms with E-state index in [9.17, 15) is 0 Å². The lowest BCUT2D eigenvalue weighted by Gasteiger charge is -2.50. The van der Waals surface area contributed by atoms with Gasteiger partial charge in [0, 0.05) is 41.7 Å². The lowest BCUT2D eigenvalue weighted by molar-refractivity contribution is -0.686. The quantitative estimate of drug-likeness (QED) is 0.139. The fraction of sp³-hybridized carbons (Fsp3) is 0.292. The first-order chi connectivity index (χ1) is 25.2. The van der Waals surface area contributed by atoms with Crippen LogP contribution in [0.1, 0.15) is 80.1 Å². The van der Waals surface area contributed by atoms with Crippen LogP contribution < -0.4 is 9.13 Å². The molecule has 52 heavy (non-hydrogen) atoms. The van der Waals surface area contributed by atoms with Crippen LogP contribution in [-0.2, 0) is 17.5 Å². The standard InChI is InChI=1S/C48H51N3O/c1-9-40-35(7)51-46(50(40)44-33(5)20-18-21-34(44)6)38-23-12-14-24-39(38)48(11-3,47(51,8)10-2)29-19-31-49-30-17-16-25-41(49)43-32(4)27-28-37-36-22-13-15-26-42(36)52-45(37)43/h9,12-18,20-28,30H,1,10-11,19,29,31H2,2-8H3/q+2. The second-order valence-electron chi connectivity index (χ2n) is 15.1. The van der Waals surface area contributed by atoms with Gasteiger partial charge in [0.2, 0.25) is 5.69 Å². The molecule has 0 spiro atoms. The number of pyridine rings is 1. The van der Waals surface area contributed by atoms with E-state index in [1.165, 1.54) is 72.7 Å². The van der Waals surface area contributed by atoms with Crippen LogP contribution in [0.15, 0.2) is 114 Å². The van der Waals surface area contributed by atoms with Gasteiger partial charge in [0.1, 0.15) is 34.6 Å². The summed E-state index contributed by atoms with van der Waals surface area (Å²) in [6, 6.07) is 35.3. The van der Waals surface area contributed by atoms with Crippen LogP contribution in [0, 0.1) is 27.7 Å². The molecule has 4 heteroatoms. The molecular weight excluding hydrogens is 635 g/mol. The van der Waals surface area contributed by atoms with Gasteiger partial charge in [-0.1, -0.05) is 87.2 Å². The van der Waals surface area contributed by atoms with Crippen molar-refractivity contribution in [2.75, 3.05) is 0 Å². The molecule has 8 rings (SSSR count). The van der Waals surface area contributed by atoms with Crippen molar-refractivity contribution in [3.05, 3.63) is 143 Å². The molecule has 4 heterocycles. The van der Waals surface area contributed by atoms with Gasteiger partial charge in [-0.15, -0.1) is 0 Å². The van der Waals surface area contributed by atoms with Crippen LogP contribution in [0.3, 0.4) is 0 Å². The van der Waals surface area contributed by atoms with Crippen LogP contribution in [-0.4, -0.2) is 4.57 Å². The molecule has 262 valence electrons. The Balaban J connectivity index is 1.25. The summed E-state index contributed by atoms with van der Waals surface area (Å²) in [5.41, 5.74) is 14.3. The van der Waals surface area contributed by atoms with Gasteiger partial charge < -0.3 is 4.42 Å². The van der Waals surface area contributed by atoms with E-state index in [2.05, 4.69) is 178 Å². The zero-order valence-electron chi connectivity index (χ0n) is 31.9. The Morgan fingerprint density at radius 1 is 0.769 bits per heavy atom. The predicted octanol–water partition coefficient (Wildman–Crippen LogP) is 11.4. The van der Waals surface area contributed by atoms with Gasteiger partial charge in [0.25, 0.3) is 5.82 Å². The van der Waals surface area contributed by atoms with E-state index in [0.717, 1.165) is 43.4 Å². The molecule has 0 bridgehead atoms. The Labute approximate surface area is 308 Å². The molecule has 2 atom stereocenters. The summed E-state index contributed by atoms with van der Waals surface area (Å²) in [6.45, 7) is 21.6. The molecule has 3 aromatic heterocycles. The van der Waals surface area contributed by atoms with Crippen molar-refractivity contribution in [2.45, 2.75) is 91.6 Å². The van der Waals surface area contributed by atoms with Crippen LogP contribution in [0.2, 0.25) is 0 Å². The monoisotopic (exact) mass is 685 g/mol. The molecule has 0 saturated carbocycles. The second-order valence-corrected chi connectivity index (χ2v) is 15.1. The molecule has 0 saturated heterocycles. The first-order valence-corrected chi connectivity index (χ1v) is 19.1. The topological polar surface area (TPSA) is 25.8 Å². The van der Waals surface area contributed by atoms with Crippen molar-refractivity contribution in [2.24, 2.45) is 0 Å². The Morgan fingerprint density at radius 2 is 1.50 bits per heavy atom. The number of rotatable bonds is 9. The molecule has 0 radical (unpaired) electrons. The highest BCUT2D eigenvalue weighted by Gasteiger charge is 2.59. The van der Waals surface area contributed by atoms with Crippen LogP contribution >= 0.6 is 0 Å². The third-order valence-electron chi connectivity index (χ3n) is 12.7. The summed E-state index contributed by atoms with van der Waals surface area (Å²) < 4.78 is 14.2. The summed E-state index contributed by atoms with van der Waals surface area (Å²) in [5, 5.41) is 2.34. The minimum atomic E-state index is -0.171. The van der Waals surface area contributed by atoms with E-state index in [1.54, 1.807) is 0 Å². The maximum Gasteiger partial charge on any atom is 0.295 e. The normalized spacial score (nSPS) is 18.1. The summed E-state index contributed by atoms with van der Waals surface area (Å²) in [7, 11) is 0. The summed E-state index contributed by atoms with van der Waals surface area (Å²) in [4.78, 5) is 0. The van der Waals surface area contributed by atoms with Crippen LogP contribution in [0.4, 0.5) is 0 Å². The van der Waals surface area contributed by atoms with Gasteiger partial charge in [0.05, 0.1) is 11.1 Å². The second kappa shape index (κ2) is 12.8. The van der Waals surface area contributed by atoms with Crippen molar-refractivity contribution in [1.29, 1.82) is 0 Å². The van der Waals surface area contributed by atoms with Crippen molar-refractivity contribution >= 4 is 28.0 Å². The lowest BCUT2D eigenvalue weighted by atomic mass is 9.58. The SMILES string of the molecule is C=Cc1c(C)n2c([n+]1-c1c(C)cccc1C)-c1ccccc1C(CC)(CCC[n+]1ccccc1-c1c(C)ccc3c1oc1ccccc13)C2(C)CC. The fourth-order valence-electron chi connectivity index (χ4n) is 10.0. The number of fused-ring (bicyclic) bond motifs is 6. The minimum absolute atomic E-state index is 0.0870. The first-order valence-electron chi connectivity index (χ1n) is 19.1. The highest BCUT2D eigenvalue weighted by Crippen LogP contribution is 2.56. The molecule has 0 fully saturated rings. The molecule has 2 unspecified atom stereocenters. The van der Waals surface area contributed by atoms with Gasteiger partial charge in [-0.3, -0.25) is 0 Å². The highest BCUT2D eigenvalue weighted by molar-refractivity contribution is 6.09. The number of nitrogens with zero attached hydrogens (tertiary/aromatic N) is 3. The van der Waals surface area contributed by atoms with E-state index < -0.39 is 0 Å². The highest BCUT2D eigenvalue weighted by atomic mass is 16.3. The molecule has 1 aliphatic rings. The van der Waals surface area contributed by atoms with Crippen LogP contribution in [0.25, 0.3) is 56.3 Å². The van der Waals surface area contributed by atoms with Gasteiger partial charge in [-0.05, 0) is 93.5 Å². The van der Waals surface area contributed by atoms with Crippen molar-refractivity contribution < 1.29 is 13.6 Å². The molecule has 7 aromatic rings. The van der Waals surface area contributed by atoms with Gasteiger partial charge in [-0.25, -0.2) is 4.57 Å². The zero-order chi connectivity index (χ0) is 36.4. The molecule has 0 aliphatic carbocycles. The van der Waals surface area contributed by atoms with Crippen LogP contribution in [0.5, 0.6) is 0 Å². The Bertz CT molecular complexity index is 2490. The van der Waals surface area contributed by atoms with Crippen molar-refractivity contribution in [3.63, 3.8) is 0 Å². The maximum atomic E-state index is 6.57. The lowest BCUT2D eigenvalue weighted by Crippen LogP contribution is -2.55. The largest absolute Gasteiger partial charge is 0.455 e.